The van der Waals surface area contributed by atoms with E-state index in [-0.39, 0.29) is 10.8 Å². The molecule has 0 aromatic heterocycles. The largest absolute Gasteiger partial charge is 0.385 e. The number of hydrogen-bond acceptors (Lipinski definition) is 2. The third-order valence-corrected chi connectivity index (χ3v) is 8.60. The van der Waals surface area contributed by atoms with Crippen LogP contribution in [0.25, 0.3) is 0 Å². The Bertz CT molecular complexity index is 661. The van der Waals surface area contributed by atoms with Gasteiger partial charge in [0.2, 0.25) is 0 Å². The Morgan fingerprint density at radius 2 is 1.38 bits per heavy atom. The minimum atomic E-state index is -0.603. The highest BCUT2D eigenvalue weighted by molar-refractivity contribution is 8.00. The molecule has 4 rings (SSSR count). The lowest BCUT2D eigenvalue weighted by molar-refractivity contribution is 0.0188. The van der Waals surface area contributed by atoms with Crippen molar-refractivity contribution in [3.63, 3.8) is 0 Å². The summed E-state index contributed by atoms with van der Waals surface area (Å²) < 4.78 is 0. The van der Waals surface area contributed by atoms with E-state index in [1.54, 1.807) is 0 Å². The van der Waals surface area contributed by atoms with Gasteiger partial charge in [0, 0.05) is 10.5 Å². The minimum Gasteiger partial charge on any atom is -0.385 e. The van der Waals surface area contributed by atoms with Crippen molar-refractivity contribution < 1.29 is 5.11 Å². The van der Waals surface area contributed by atoms with Crippen LogP contribution < -0.4 is 0 Å². The Morgan fingerprint density at radius 3 is 1.92 bits per heavy atom. The first-order valence-corrected chi connectivity index (χ1v) is 10.6. The van der Waals surface area contributed by atoms with Crippen LogP contribution in [0.5, 0.6) is 0 Å². The van der Waals surface area contributed by atoms with E-state index in [2.05, 4.69) is 58.5 Å². The highest BCUT2D eigenvalue weighted by Crippen LogP contribution is 2.53. The SMILES string of the molecule is Cc1cc2c(cc1C1(O)CC3CCC(C1)S3)C(C)(C)CCC2(C)C. The summed E-state index contributed by atoms with van der Waals surface area (Å²) in [5, 5.41) is 12.9. The molecule has 0 saturated carbocycles. The van der Waals surface area contributed by atoms with E-state index in [0.717, 1.165) is 12.8 Å². The number of hydrogen-bond donors (Lipinski definition) is 1. The second kappa shape index (κ2) is 5.27. The van der Waals surface area contributed by atoms with Gasteiger partial charge in [-0.15, -0.1) is 0 Å². The van der Waals surface area contributed by atoms with E-state index in [9.17, 15) is 5.11 Å². The van der Waals surface area contributed by atoms with Gasteiger partial charge in [0.25, 0.3) is 0 Å². The van der Waals surface area contributed by atoms with Gasteiger partial charge in [0.15, 0.2) is 0 Å². The Hall–Kier alpha value is -0.470. The lowest BCUT2D eigenvalue weighted by atomic mass is 9.62. The standard InChI is InChI=1S/C22H32OS/c1-14-10-18-19(21(4,5)9-8-20(18,2)3)11-17(14)22(23)12-15-6-7-16(13-22)24-15/h10-11,15-16,23H,6-9,12-13H2,1-5H3. The third-order valence-electron chi connectivity index (χ3n) is 7.03. The third kappa shape index (κ3) is 2.56. The van der Waals surface area contributed by atoms with Crippen LogP contribution in [0.3, 0.4) is 0 Å². The number of benzene rings is 1. The molecular weight excluding hydrogens is 312 g/mol. The van der Waals surface area contributed by atoms with Gasteiger partial charge in [-0.05, 0) is 78.5 Å². The summed E-state index contributed by atoms with van der Waals surface area (Å²) in [6.45, 7) is 11.7. The molecule has 2 heteroatoms. The average Bonchev–Trinajstić information content (AvgIpc) is 2.83. The number of aryl methyl sites for hydroxylation is 1. The fourth-order valence-electron chi connectivity index (χ4n) is 5.36. The molecule has 1 aromatic carbocycles. The Labute approximate surface area is 151 Å². The van der Waals surface area contributed by atoms with Crippen LogP contribution in [0.15, 0.2) is 12.1 Å². The van der Waals surface area contributed by atoms with Gasteiger partial charge >= 0.3 is 0 Å². The fraction of sp³-hybridized carbons (Fsp3) is 0.727. The monoisotopic (exact) mass is 344 g/mol. The van der Waals surface area contributed by atoms with Crippen molar-refractivity contribution in [2.75, 3.05) is 0 Å². The average molecular weight is 345 g/mol. The van der Waals surface area contributed by atoms with Crippen LogP contribution in [0.2, 0.25) is 0 Å². The lowest BCUT2D eigenvalue weighted by Gasteiger charge is -2.44. The zero-order valence-electron chi connectivity index (χ0n) is 15.9. The molecule has 2 aliphatic heterocycles. The van der Waals surface area contributed by atoms with Gasteiger partial charge in [-0.25, -0.2) is 0 Å². The summed E-state index contributed by atoms with van der Waals surface area (Å²) in [6, 6.07) is 4.81. The van der Waals surface area contributed by atoms with Gasteiger partial charge in [-0.3, -0.25) is 0 Å². The highest BCUT2D eigenvalue weighted by atomic mass is 32.2. The summed E-state index contributed by atoms with van der Waals surface area (Å²) >= 11 is 2.12. The molecule has 2 atom stereocenters. The van der Waals surface area contributed by atoms with E-state index in [4.69, 9.17) is 0 Å². The van der Waals surface area contributed by atoms with Crippen LogP contribution in [0, 0.1) is 6.92 Å². The quantitative estimate of drug-likeness (QED) is 0.716. The van der Waals surface area contributed by atoms with Gasteiger partial charge < -0.3 is 5.11 Å². The number of aliphatic hydroxyl groups is 1. The molecular formula is C22H32OS. The van der Waals surface area contributed by atoms with Gasteiger partial charge in [-0.2, -0.15) is 11.8 Å². The molecule has 0 radical (unpaired) electrons. The Morgan fingerprint density at radius 1 is 0.875 bits per heavy atom. The molecule has 2 bridgehead atoms. The molecule has 132 valence electrons. The Balaban J connectivity index is 1.83. The van der Waals surface area contributed by atoms with Crippen LogP contribution in [-0.2, 0) is 16.4 Å². The van der Waals surface area contributed by atoms with Crippen molar-refractivity contribution in [1.82, 2.24) is 0 Å². The molecule has 24 heavy (non-hydrogen) atoms. The predicted molar refractivity (Wildman–Crippen MR) is 104 cm³/mol. The molecule has 1 N–H and O–H groups in total. The topological polar surface area (TPSA) is 20.2 Å². The molecule has 1 aromatic rings. The number of thioether (sulfide) groups is 1. The molecule has 2 unspecified atom stereocenters. The first kappa shape index (κ1) is 17.0. The maximum atomic E-state index is 11.6. The van der Waals surface area contributed by atoms with Crippen molar-refractivity contribution in [1.29, 1.82) is 0 Å². The highest BCUT2D eigenvalue weighted by Gasteiger charge is 2.46. The van der Waals surface area contributed by atoms with Crippen LogP contribution >= 0.6 is 11.8 Å². The summed E-state index contributed by atoms with van der Waals surface area (Å²) in [5.74, 6) is 0. The van der Waals surface area contributed by atoms with E-state index in [0.29, 0.717) is 10.5 Å². The molecule has 1 aliphatic carbocycles. The molecule has 2 heterocycles. The van der Waals surface area contributed by atoms with E-state index < -0.39 is 5.60 Å². The maximum Gasteiger partial charge on any atom is 0.0920 e. The van der Waals surface area contributed by atoms with Crippen molar-refractivity contribution in [3.8, 4) is 0 Å². The van der Waals surface area contributed by atoms with Crippen molar-refractivity contribution in [2.45, 2.75) is 100 Å². The van der Waals surface area contributed by atoms with Crippen molar-refractivity contribution in [3.05, 3.63) is 34.4 Å². The maximum absolute atomic E-state index is 11.6. The molecule has 2 fully saturated rings. The minimum absolute atomic E-state index is 0.214. The van der Waals surface area contributed by atoms with E-state index >= 15 is 0 Å². The first-order valence-electron chi connectivity index (χ1n) is 9.65. The summed E-state index contributed by atoms with van der Waals surface area (Å²) in [5.41, 5.74) is 5.38. The zero-order chi connectivity index (χ0) is 17.3. The molecule has 0 amide bonds. The molecule has 3 aliphatic rings. The van der Waals surface area contributed by atoms with Crippen molar-refractivity contribution in [2.24, 2.45) is 0 Å². The normalized spacial score (nSPS) is 36.4. The predicted octanol–water partition coefficient (Wildman–Crippen LogP) is 5.59. The van der Waals surface area contributed by atoms with Crippen LogP contribution in [0.1, 0.15) is 88.5 Å². The number of fused-ring (bicyclic) bond motifs is 3. The second-order valence-electron chi connectivity index (χ2n) is 9.88. The summed E-state index contributed by atoms with van der Waals surface area (Å²) in [6.07, 6.45) is 6.95. The number of rotatable bonds is 1. The summed E-state index contributed by atoms with van der Waals surface area (Å²) in [4.78, 5) is 0. The van der Waals surface area contributed by atoms with Crippen molar-refractivity contribution >= 4 is 11.8 Å². The van der Waals surface area contributed by atoms with E-state index in [1.807, 2.05) is 0 Å². The van der Waals surface area contributed by atoms with Gasteiger partial charge in [0.05, 0.1) is 5.60 Å². The van der Waals surface area contributed by atoms with E-state index in [1.165, 1.54) is 47.9 Å². The molecule has 0 spiro atoms. The smallest absolute Gasteiger partial charge is 0.0920 e. The zero-order valence-corrected chi connectivity index (χ0v) is 16.7. The van der Waals surface area contributed by atoms with Crippen LogP contribution in [0.4, 0.5) is 0 Å². The fourth-order valence-corrected chi connectivity index (χ4v) is 7.19. The van der Waals surface area contributed by atoms with Gasteiger partial charge in [0.1, 0.15) is 0 Å². The van der Waals surface area contributed by atoms with Gasteiger partial charge in [-0.1, -0.05) is 39.8 Å². The summed E-state index contributed by atoms with van der Waals surface area (Å²) in [7, 11) is 0. The molecule has 1 nitrogen and oxygen atoms in total. The first-order chi connectivity index (χ1) is 11.1. The lowest BCUT2D eigenvalue weighted by Crippen LogP contribution is -2.38. The Kier molecular flexibility index (Phi) is 3.72. The van der Waals surface area contributed by atoms with Crippen LogP contribution in [-0.4, -0.2) is 15.6 Å². The molecule has 2 saturated heterocycles. The second-order valence-corrected chi connectivity index (χ2v) is 11.5.